The van der Waals surface area contributed by atoms with Gasteiger partial charge in [-0.1, -0.05) is 20.3 Å². The number of nitrogens with zero attached hydrogens (tertiary/aromatic N) is 8. The second kappa shape index (κ2) is 9.81. The molecule has 2 aromatic rings. The number of rotatable bonds is 7. The van der Waals surface area contributed by atoms with Crippen LogP contribution < -0.4 is 10.2 Å². The SMILES string of the molecule is CCCCNC(=NCc1nnc(C)n1C)N1CCN(c2nc(CC)ns2)CC1. The molecule has 0 aliphatic carbocycles. The molecule has 28 heavy (non-hydrogen) atoms. The molecule has 1 saturated heterocycles. The largest absolute Gasteiger partial charge is 0.356 e. The van der Waals surface area contributed by atoms with Crippen molar-refractivity contribution in [2.45, 2.75) is 46.6 Å². The van der Waals surface area contributed by atoms with Crippen LogP contribution in [0.25, 0.3) is 0 Å². The molecule has 0 saturated carbocycles. The third kappa shape index (κ3) is 4.98. The van der Waals surface area contributed by atoms with Gasteiger partial charge in [-0.15, -0.1) is 10.2 Å². The van der Waals surface area contributed by atoms with Crippen molar-refractivity contribution in [2.24, 2.45) is 12.0 Å². The molecule has 1 aliphatic rings. The van der Waals surface area contributed by atoms with E-state index in [-0.39, 0.29) is 0 Å². The maximum atomic E-state index is 4.84. The third-order valence-corrected chi connectivity index (χ3v) is 5.80. The Kier molecular flexibility index (Phi) is 7.18. The summed E-state index contributed by atoms with van der Waals surface area (Å²) in [6.45, 7) is 11.4. The Bertz CT molecular complexity index is 774. The molecule has 1 aliphatic heterocycles. The number of guanidine groups is 1. The lowest BCUT2D eigenvalue weighted by atomic mass is 10.3. The number of nitrogens with one attached hydrogen (secondary N) is 1. The molecule has 0 spiro atoms. The summed E-state index contributed by atoms with van der Waals surface area (Å²) < 4.78 is 6.40. The minimum absolute atomic E-state index is 0.530. The number of hydrogen-bond acceptors (Lipinski definition) is 7. The molecule has 0 radical (unpaired) electrons. The van der Waals surface area contributed by atoms with Crippen molar-refractivity contribution < 1.29 is 0 Å². The standard InChI is InChI=1S/C18H31N9S/c1-5-7-8-19-17(20-13-16-23-22-14(3)25(16)4)26-9-11-27(12-10-26)18-21-15(6-2)24-28-18/h5-13H2,1-4H3,(H,19,20). The summed E-state index contributed by atoms with van der Waals surface area (Å²) >= 11 is 1.50. The van der Waals surface area contributed by atoms with Crippen LogP contribution in [0.5, 0.6) is 0 Å². The van der Waals surface area contributed by atoms with Crippen molar-refractivity contribution in [3.63, 3.8) is 0 Å². The highest BCUT2D eigenvalue weighted by Crippen LogP contribution is 2.19. The number of aryl methyl sites for hydroxylation is 2. The first-order valence-electron chi connectivity index (χ1n) is 10.1. The van der Waals surface area contributed by atoms with Crippen LogP contribution in [0.2, 0.25) is 0 Å². The molecule has 9 nitrogen and oxygen atoms in total. The Labute approximate surface area is 171 Å². The summed E-state index contributed by atoms with van der Waals surface area (Å²) in [5, 5.41) is 12.9. The van der Waals surface area contributed by atoms with Crippen LogP contribution in [0.1, 0.15) is 44.2 Å². The van der Waals surface area contributed by atoms with Crippen molar-refractivity contribution in [1.82, 2.24) is 34.3 Å². The molecule has 10 heteroatoms. The number of piperazine rings is 1. The van der Waals surface area contributed by atoms with Crippen LogP contribution >= 0.6 is 11.5 Å². The fraction of sp³-hybridized carbons (Fsp3) is 0.722. The number of hydrogen-bond donors (Lipinski definition) is 1. The van der Waals surface area contributed by atoms with Crippen LogP contribution in [0, 0.1) is 6.92 Å². The molecule has 0 bridgehead atoms. The molecule has 0 amide bonds. The van der Waals surface area contributed by atoms with Crippen molar-refractivity contribution in [2.75, 3.05) is 37.6 Å². The zero-order valence-electron chi connectivity index (χ0n) is 17.3. The summed E-state index contributed by atoms with van der Waals surface area (Å²) in [5.41, 5.74) is 0. The lowest BCUT2D eigenvalue weighted by Crippen LogP contribution is -2.52. The van der Waals surface area contributed by atoms with E-state index in [0.29, 0.717) is 6.54 Å². The maximum absolute atomic E-state index is 4.84. The smallest absolute Gasteiger partial charge is 0.205 e. The van der Waals surface area contributed by atoms with Crippen molar-refractivity contribution in [3.05, 3.63) is 17.5 Å². The van der Waals surface area contributed by atoms with Gasteiger partial charge < -0.3 is 19.7 Å². The molecule has 2 aromatic heterocycles. The second-order valence-corrected chi connectivity index (χ2v) is 7.69. The zero-order chi connectivity index (χ0) is 19.9. The van der Waals surface area contributed by atoms with Gasteiger partial charge >= 0.3 is 0 Å². The topological polar surface area (TPSA) is 87.4 Å². The highest BCUT2D eigenvalue weighted by atomic mass is 32.1. The molecular weight excluding hydrogens is 374 g/mol. The van der Waals surface area contributed by atoms with Gasteiger partial charge in [0.25, 0.3) is 0 Å². The minimum atomic E-state index is 0.530. The van der Waals surface area contributed by atoms with Crippen LogP contribution in [0.3, 0.4) is 0 Å². The molecule has 1 N–H and O–H groups in total. The summed E-state index contributed by atoms with van der Waals surface area (Å²) in [5.74, 6) is 3.68. The highest BCUT2D eigenvalue weighted by molar-refractivity contribution is 7.09. The van der Waals surface area contributed by atoms with E-state index in [1.54, 1.807) is 0 Å². The van der Waals surface area contributed by atoms with Gasteiger partial charge in [0.15, 0.2) is 11.8 Å². The molecule has 1 fully saturated rings. The highest BCUT2D eigenvalue weighted by Gasteiger charge is 2.22. The Morgan fingerprint density at radius 1 is 1.18 bits per heavy atom. The average Bonchev–Trinajstić information content (AvgIpc) is 3.32. The molecule has 0 unspecified atom stereocenters. The summed E-state index contributed by atoms with van der Waals surface area (Å²) in [6.07, 6.45) is 3.18. The van der Waals surface area contributed by atoms with Gasteiger partial charge in [-0.05, 0) is 13.3 Å². The number of unbranched alkanes of at least 4 members (excludes halogenated alkanes) is 1. The zero-order valence-corrected chi connectivity index (χ0v) is 18.2. The quantitative estimate of drug-likeness (QED) is 0.425. The van der Waals surface area contributed by atoms with Crippen LogP contribution in [0.4, 0.5) is 5.13 Å². The first-order chi connectivity index (χ1) is 13.6. The monoisotopic (exact) mass is 405 g/mol. The Morgan fingerprint density at radius 3 is 2.57 bits per heavy atom. The van der Waals surface area contributed by atoms with E-state index >= 15 is 0 Å². The lowest BCUT2D eigenvalue weighted by Gasteiger charge is -2.36. The fourth-order valence-corrected chi connectivity index (χ4v) is 3.81. The van der Waals surface area contributed by atoms with Gasteiger partial charge in [-0.3, -0.25) is 0 Å². The predicted octanol–water partition coefficient (Wildman–Crippen LogP) is 1.61. The fourth-order valence-electron chi connectivity index (χ4n) is 3.01. The van der Waals surface area contributed by atoms with E-state index in [2.05, 4.69) is 48.5 Å². The second-order valence-electron chi connectivity index (χ2n) is 6.96. The van der Waals surface area contributed by atoms with Crippen LogP contribution in [0.15, 0.2) is 4.99 Å². The van der Waals surface area contributed by atoms with Gasteiger partial charge in [-0.25, -0.2) is 9.98 Å². The van der Waals surface area contributed by atoms with E-state index in [1.165, 1.54) is 11.5 Å². The van der Waals surface area contributed by atoms with E-state index in [9.17, 15) is 0 Å². The Morgan fingerprint density at radius 2 is 1.96 bits per heavy atom. The van der Waals surface area contributed by atoms with E-state index in [0.717, 1.165) is 80.6 Å². The van der Waals surface area contributed by atoms with Gasteiger partial charge in [0.1, 0.15) is 18.2 Å². The molecular formula is C18H31N9S. The van der Waals surface area contributed by atoms with Gasteiger partial charge in [0, 0.05) is 57.7 Å². The molecule has 3 rings (SSSR count). The minimum Gasteiger partial charge on any atom is -0.356 e. The normalized spacial score (nSPS) is 15.4. The van der Waals surface area contributed by atoms with Gasteiger partial charge in [0.05, 0.1) is 0 Å². The maximum Gasteiger partial charge on any atom is 0.205 e. The van der Waals surface area contributed by atoms with Gasteiger partial charge in [0.2, 0.25) is 5.13 Å². The number of aliphatic imine (C=N–C) groups is 1. The van der Waals surface area contributed by atoms with Crippen molar-refractivity contribution in [3.8, 4) is 0 Å². The Balaban J connectivity index is 1.63. The lowest BCUT2D eigenvalue weighted by molar-refractivity contribution is 0.371. The first-order valence-corrected chi connectivity index (χ1v) is 10.8. The van der Waals surface area contributed by atoms with Crippen LogP contribution in [-0.4, -0.2) is 67.7 Å². The van der Waals surface area contributed by atoms with Gasteiger partial charge in [-0.2, -0.15) is 4.37 Å². The predicted molar refractivity (Wildman–Crippen MR) is 113 cm³/mol. The summed E-state index contributed by atoms with van der Waals surface area (Å²) in [4.78, 5) is 14.1. The summed E-state index contributed by atoms with van der Waals surface area (Å²) in [7, 11) is 1.98. The first kappa shape index (κ1) is 20.5. The van der Waals surface area contributed by atoms with Crippen molar-refractivity contribution in [1.29, 1.82) is 0 Å². The van der Waals surface area contributed by atoms with Crippen molar-refractivity contribution >= 4 is 22.6 Å². The Hall–Kier alpha value is -2.23. The third-order valence-electron chi connectivity index (χ3n) is 4.99. The molecule has 3 heterocycles. The molecule has 0 atom stereocenters. The van der Waals surface area contributed by atoms with E-state index in [1.807, 2.05) is 18.5 Å². The molecule has 0 aromatic carbocycles. The summed E-state index contributed by atoms with van der Waals surface area (Å²) in [6, 6.07) is 0. The van der Waals surface area contributed by atoms with Crippen LogP contribution in [-0.2, 0) is 20.0 Å². The average molecular weight is 406 g/mol. The number of anilines is 1. The van der Waals surface area contributed by atoms with E-state index in [4.69, 9.17) is 4.99 Å². The molecule has 154 valence electrons. The van der Waals surface area contributed by atoms with E-state index < -0.39 is 0 Å². The number of aromatic nitrogens is 5.